The summed E-state index contributed by atoms with van der Waals surface area (Å²) in [7, 11) is -2.16. The van der Waals surface area contributed by atoms with Crippen molar-refractivity contribution in [3.63, 3.8) is 0 Å². The van der Waals surface area contributed by atoms with E-state index in [0.29, 0.717) is 30.2 Å². The zero-order chi connectivity index (χ0) is 21.8. The molecule has 0 unspecified atom stereocenters. The van der Waals surface area contributed by atoms with Crippen LogP contribution in [0.5, 0.6) is 5.75 Å². The van der Waals surface area contributed by atoms with Gasteiger partial charge in [-0.2, -0.15) is 0 Å². The van der Waals surface area contributed by atoms with Crippen LogP contribution in [0.25, 0.3) is 0 Å². The van der Waals surface area contributed by atoms with E-state index < -0.39 is 10.0 Å². The van der Waals surface area contributed by atoms with Crippen LogP contribution in [0.4, 0.5) is 11.4 Å². The van der Waals surface area contributed by atoms with Gasteiger partial charge in [-0.3, -0.25) is 14.3 Å². The Morgan fingerprint density at radius 2 is 1.61 bits per heavy atom. The van der Waals surface area contributed by atoms with Crippen LogP contribution in [0.15, 0.2) is 65.6 Å². The lowest BCUT2D eigenvalue weighted by Crippen LogP contribution is -2.29. The largest absolute Gasteiger partial charge is 0.490 e. The molecule has 0 radical (unpaired) electrons. The Morgan fingerprint density at radius 3 is 2.39 bits per heavy atom. The number of ether oxygens (including phenoxy) is 1. The van der Waals surface area contributed by atoms with E-state index in [9.17, 15) is 18.0 Å². The molecule has 3 aromatic rings. The van der Waals surface area contributed by atoms with E-state index in [1.807, 2.05) is 11.9 Å². The summed E-state index contributed by atoms with van der Waals surface area (Å²) in [4.78, 5) is 28.0. The molecule has 0 aromatic heterocycles. The number of ketones is 2. The van der Waals surface area contributed by atoms with E-state index in [0.717, 1.165) is 0 Å². The Hall–Kier alpha value is -3.65. The van der Waals surface area contributed by atoms with Gasteiger partial charge in [-0.1, -0.05) is 36.4 Å². The first kappa shape index (κ1) is 19.3. The predicted octanol–water partition coefficient (Wildman–Crippen LogP) is 3.09. The van der Waals surface area contributed by atoms with Gasteiger partial charge in [0, 0.05) is 23.7 Å². The third-order valence-corrected chi connectivity index (χ3v) is 6.90. The second-order valence-electron chi connectivity index (χ2n) is 7.44. The zero-order valence-corrected chi connectivity index (χ0v) is 17.4. The Balaban J connectivity index is 1.57. The Kier molecular flexibility index (Phi) is 4.33. The number of hydrogen-bond acceptors (Lipinski definition) is 6. The highest BCUT2D eigenvalue weighted by Crippen LogP contribution is 2.35. The number of nitrogens with one attached hydrogen (secondary N) is 1. The topological polar surface area (TPSA) is 92.8 Å². The summed E-state index contributed by atoms with van der Waals surface area (Å²) >= 11 is 0. The first-order valence-electron chi connectivity index (χ1n) is 9.69. The highest BCUT2D eigenvalue weighted by Gasteiger charge is 2.32. The van der Waals surface area contributed by atoms with Crippen LogP contribution >= 0.6 is 0 Å². The number of likely N-dealkylation sites (N-methyl/N-ethyl adjacent to an activating group) is 1. The fourth-order valence-electron chi connectivity index (χ4n) is 3.93. The van der Waals surface area contributed by atoms with Crippen molar-refractivity contribution in [2.24, 2.45) is 0 Å². The van der Waals surface area contributed by atoms with Gasteiger partial charge in [0.15, 0.2) is 11.6 Å². The zero-order valence-electron chi connectivity index (χ0n) is 16.6. The molecule has 1 heterocycles. The predicted molar refractivity (Wildman–Crippen MR) is 116 cm³/mol. The maximum atomic E-state index is 13.1. The maximum absolute atomic E-state index is 13.1. The third kappa shape index (κ3) is 3.07. The number of anilines is 2. The van der Waals surface area contributed by atoms with Crippen LogP contribution in [-0.4, -0.2) is 40.2 Å². The van der Waals surface area contributed by atoms with Crippen LogP contribution in [0.3, 0.4) is 0 Å². The van der Waals surface area contributed by atoms with Crippen LogP contribution in [0, 0.1) is 0 Å². The highest BCUT2D eigenvalue weighted by molar-refractivity contribution is 7.92. The van der Waals surface area contributed by atoms with Crippen molar-refractivity contribution >= 4 is 33.0 Å². The van der Waals surface area contributed by atoms with Gasteiger partial charge in [-0.05, 0) is 24.3 Å². The second kappa shape index (κ2) is 6.95. The SMILES string of the molecule is CN1CCOc2ccc(S(=O)(=O)Nc3cccc4c3C(=O)c3ccccc3C4=O)cc21. The molecule has 2 aliphatic rings. The molecule has 0 spiro atoms. The van der Waals surface area contributed by atoms with E-state index >= 15 is 0 Å². The summed E-state index contributed by atoms with van der Waals surface area (Å²) in [5.74, 6) is -0.0805. The smallest absolute Gasteiger partial charge is 0.261 e. The van der Waals surface area contributed by atoms with Gasteiger partial charge in [-0.25, -0.2) is 8.42 Å². The normalized spacial score (nSPS) is 14.9. The molecule has 156 valence electrons. The minimum Gasteiger partial charge on any atom is -0.490 e. The first-order chi connectivity index (χ1) is 14.9. The molecule has 5 rings (SSSR count). The van der Waals surface area contributed by atoms with Crippen LogP contribution in [-0.2, 0) is 10.0 Å². The molecule has 0 fully saturated rings. The lowest BCUT2D eigenvalue weighted by Gasteiger charge is -2.28. The summed E-state index contributed by atoms with van der Waals surface area (Å²) < 4.78 is 34.4. The highest BCUT2D eigenvalue weighted by atomic mass is 32.2. The molecule has 1 aliphatic carbocycles. The van der Waals surface area contributed by atoms with Gasteiger partial charge in [0.05, 0.1) is 28.4 Å². The van der Waals surface area contributed by atoms with Gasteiger partial charge in [-0.15, -0.1) is 0 Å². The monoisotopic (exact) mass is 434 g/mol. The molecule has 1 N–H and O–H groups in total. The van der Waals surface area contributed by atoms with Crippen LogP contribution in [0.2, 0.25) is 0 Å². The fraction of sp³-hybridized carbons (Fsp3) is 0.130. The van der Waals surface area contributed by atoms with E-state index in [2.05, 4.69) is 4.72 Å². The van der Waals surface area contributed by atoms with Gasteiger partial charge in [0.25, 0.3) is 10.0 Å². The summed E-state index contributed by atoms with van der Waals surface area (Å²) in [5.41, 5.74) is 1.57. The van der Waals surface area contributed by atoms with Gasteiger partial charge < -0.3 is 9.64 Å². The summed E-state index contributed by atoms with van der Waals surface area (Å²) in [6.45, 7) is 1.17. The quantitative estimate of drug-likeness (QED) is 0.533. The van der Waals surface area contributed by atoms with Crippen molar-refractivity contribution in [3.8, 4) is 5.75 Å². The second-order valence-corrected chi connectivity index (χ2v) is 9.12. The van der Waals surface area contributed by atoms with Crippen molar-refractivity contribution < 1.29 is 22.7 Å². The summed E-state index contributed by atoms with van der Waals surface area (Å²) in [6.07, 6.45) is 0. The van der Waals surface area contributed by atoms with Gasteiger partial charge in [0.2, 0.25) is 0 Å². The van der Waals surface area contributed by atoms with Crippen LogP contribution < -0.4 is 14.4 Å². The van der Waals surface area contributed by atoms with Crippen LogP contribution in [0.1, 0.15) is 31.8 Å². The van der Waals surface area contributed by atoms with Gasteiger partial charge in [0.1, 0.15) is 12.4 Å². The number of nitrogens with zero attached hydrogens (tertiary/aromatic N) is 1. The minimum absolute atomic E-state index is 0.0381. The molecule has 0 saturated carbocycles. The molecule has 3 aromatic carbocycles. The van der Waals surface area contributed by atoms with Gasteiger partial charge >= 0.3 is 0 Å². The van der Waals surface area contributed by atoms with Crippen molar-refractivity contribution in [1.82, 2.24) is 0 Å². The molecule has 31 heavy (non-hydrogen) atoms. The van der Waals surface area contributed by atoms with E-state index in [4.69, 9.17) is 4.74 Å². The molecular weight excluding hydrogens is 416 g/mol. The van der Waals surface area contributed by atoms with E-state index in [-0.39, 0.29) is 38.8 Å². The average Bonchev–Trinajstić information content (AvgIpc) is 2.77. The molecule has 7 nitrogen and oxygen atoms in total. The van der Waals surface area contributed by atoms with Crippen molar-refractivity contribution in [3.05, 3.63) is 82.9 Å². The number of hydrogen-bond donors (Lipinski definition) is 1. The fourth-order valence-corrected chi connectivity index (χ4v) is 5.02. The summed E-state index contributed by atoms with van der Waals surface area (Å²) in [6, 6.07) is 15.7. The molecule has 0 atom stereocenters. The number of sulfonamides is 1. The molecule has 0 saturated heterocycles. The number of benzene rings is 3. The lowest BCUT2D eigenvalue weighted by atomic mass is 9.83. The number of fused-ring (bicyclic) bond motifs is 3. The lowest BCUT2D eigenvalue weighted by molar-refractivity contribution is 0.0979. The van der Waals surface area contributed by atoms with Crippen molar-refractivity contribution in [2.45, 2.75) is 4.90 Å². The third-order valence-electron chi connectivity index (χ3n) is 5.53. The molecule has 0 bridgehead atoms. The maximum Gasteiger partial charge on any atom is 0.261 e. The first-order valence-corrected chi connectivity index (χ1v) is 11.2. The van der Waals surface area contributed by atoms with E-state index in [1.165, 1.54) is 24.3 Å². The van der Waals surface area contributed by atoms with E-state index in [1.54, 1.807) is 36.4 Å². The average molecular weight is 434 g/mol. The number of carbonyl (C=O) groups excluding carboxylic acids is 2. The number of carbonyl (C=O) groups is 2. The number of rotatable bonds is 3. The molecule has 1 aliphatic heterocycles. The Morgan fingerprint density at radius 1 is 0.903 bits per heavy atom. The molecule has 0 amide bonds. The van der Waals surface area contributed by atoms with Crippen molar-refractivity contribution in [1.29, 1.82) is 0 Å². The van der Waals surface area contributed by atoms with Crippen molar-refractivity contribution in [2.75, 3.05) is 29.8 Å². The standard InChI is InChI=1S/C23H18N2O5S/c1-25-11-12-30-20-10-9-14(13-19(20)25)31(28,29)24-18-8-4-7-17-21(18)23(27)16-6-3-2-5-15(16)22(17)26/h2-10,13,24H,11-12H2,1H3. The molecular formula is C23H18N2O5S. The minimum atomic E-state index is -4.02. The molecule has 8 heteroatoms. The Labute approximate surface area is 179 Å². The Bertz CT molecular complexity index is 1360. The summed E-state index contributed by atoms with van der Waals surface area (Å²) in [5, 5.41) is 0.